The number of nitrogens with two attached hydrogens (primary N) is 1. The number of piperidine rings is 1. The van der Waals surface area contributed by atoms with Crippen LogP contribution in [0.1, 0.15) is 19.8 Å². The van der Waals surface area contributed by atoms with Crippen LogP contribution in [0, 0.1) is 11.6 Å². The molecule has 0 radical (unpaired) electrons. The maximum Gasteiger partial charge on any atom is 0.243 e. The summed E-state index contributed by atoms with van der Waals surface area (Å²) < 4.78 is 53.9. The molecule has 5 nitrogen and oxygen atoms in total. The Morgan fingerprint density at radius 2 is 2.05 bits per heavy atom. The molecule has 3 N–H and O–H groups in total. The molecule has 8 heteroatoms. The van der Waals surface area contributed by atoms with Crippen molar-refractivity contribution >= 4 is 15.7 Å². The van der Waals surface area contributed by atoms with Crippen molar-refractivity contribution in [3.63, 3.8) is 0 Å². The first-order valence-corrected chi connectivity index (χ1v) is 8.16. The molecular weight excluding hydrogens is 300 g/mol. The summed E-state index contributed by atoms with van der Waals surface area (Å²) in [7, 11) is -2.09. The molecule has 21 heavy (non-hydrogen) atoms. The number of benzene rings is 1. The van der Waals surface area contributed by atoms with Gasteiger partial charge in [-0.15, -0.1) is 0 Å². The van der Waals surface area contributed by atoms with E-state index in [1.807, 2.05) is 14.0 Å². The highest BCUT2D eigenvalue weighted by atomic mass is 32.2. The number of sulfonamides is 1. The smallest absolute Gasteiger partial charge is 0.243 e. The highest BCUT2D eigenvalue weighted by Gasteiger charge is 2.29. The van der Waals surface area contributed by atoms with E-state index in [-0.39, 0.29) is 12.1 Å². The molecule has 1 saturated heterocycles. The van der Waals surface area contributed by atoms with E-state index in [4.69, 9.17) is 5.73 Å². The van der Waals surface area contributed by atoms with Crippen LogP contribution in [0.25, 0.3) is 0 Å². The zero-order valence-electron chi connectivity index (χ0n) is 11.9. The zero-order chi connectivity index (χ0) is 15.8. The van der Waals surface area contributed by atoms with E-state index < -0.39 is 32.2 Å². The molecule has 0 aromatic heterocycles. The van der Waals surface area contributed by atoms with Crippen molar-refractivity contribution in [1.82, 2.24) is 9.62 Å². The molecule has 0 bridgehead atoms. The van der Waals surface area contributed by atoms with Gasteiger partial charge in [0.25, 0.3) is 0 Å². The van der Waals surface area contributed by atoms with Crippen LogP contribution in [0.2, 0.25) is 0 Å². The summed E-state index contributed by atoms with van der Waals surface area (Å²) in [4.78, 5) is 1.51. The molecule has 0 saturated carbocycles. The SMILES string of the molecule is CC1CC(NS(=O)(=O)c2ccc(F)c(N)c2F)CCN1C. The second-order valence-corrected chi connectivity index (χ2v) is 7.13. The molecule has 0 amide bonds. The quantitative estimate of drug-likeness (QED) is 0.824. The number of likely N-dealkylation sites (tertiary alicyclic amines) is 1. The van der Waals surface area contributed by atoms with Gasteiger partial charge < -0.3 is 10.6 Å². The molecule has 1 aliphatic rings. The van der Waals surface area contributed by atoms with Crippen molar-refractivity contribution in [1.29, 1.82) is 0 Å². The maximum absolute atomic E-state index is 13.9. The van der Waals surface area contributed by atoms with Gasteiger partial charge in [0.2, 0.25) is 10.0 Å². The lowest BCUT2D eigenvalue weighted by molar-refractivity contribution is 0.178. The second kappa shape index (κ2) is 5.86. The van der Waals surface area contributed by atoms with E-state index >= 15 is 0 Å². The second-order valence-electron chi connectivity index (χ2n) is 5.45. The summed E-state index contributed by atoms with van der Waals surface area (Å²) in [6.07, 6.45) is 1.27. The normalized spacial score (nSPS) is 24.2. The number of anilines is 1. The maximum atomic E-state index is 13.9. The summed E-state index contributed by atoms with van der Waals surface area (Å²) in [5, 5.41) is 0. The fourth-order valence-corrected chi connectivity index (χ4v) is 3.81. The fourth-order valence-electron chi connectivity index (χ4n) is 2.44. The number of nitrogens with zero attached hydrogens (tertiary/aromatic N) is 1. The molecule has 1 fully saturated rings. The molecule has 2 unspecified atom stereocenters. The number of hydrogen-bond acceptors (Lipinski definition) is 4. The van der Waals surface area contributed by atoms with Crippen molar-refractivity contribution in [3.8, 4) is 0 Å². The first-order valence-electron chi connectivity index (χ1n) is 6.68. The van der Waals surface area contributed by atoms with Crippen molar-refractivity contribution < 1.29 is 17.2 Å². The first kappa shape index (κ1) is 16.1. The number of hydrogen-bond donors (Lipinski definition) is 2. The minimum absolute atomic E-state index is 0.231. The minimum atomic E-state index is -4.06. The van der Waals surface area contributed by atoms with E-state index in [1.165, 1.54) is 0 Å². The summed E-state index contributed by atoms with van der Waals surface area (Å²) >= 11 is 0. The third-order valence-corrected chi connectivity index (χ3v) is 5.45. The number of rotatable bonds is 3. The van der Waals surface area contributed by atoms with Gasteiger partial charge in [0.05, 0.1) is 0 Å². The van der Waals surface area contributed by atoms with Gasteiger partial charge in [-0.05, 0) is 45.5 Å². The number of nitrogens with one attached hydrogen (secondary N) is 1. The largest absolute Gasteiger partial charge is 0.394 e. The predicted molar refractivity (Wildman–Crippen MR) is 76.2 cm³/mol. The van der Waals surface area contributed by atoms with Crippen LogP contribution in [-0.2, 0) is 10.0 Å². The predicted octanol–water partition coefficient (Wildman–Crippen LogP) is 1.31. The van der Waals surface area contributed by atoms with E-state index in [1.54, 1.807) is 0 Å². The molecule has 118 valence electrons. The molecular formula is C13H19F2N3O2S. The Morgan fingerprint density at radius 3 is 2.67 bits per heavy atom. The Balaban J connectivity index is 2.22. The lowest BCUT2D eigenvalue weighted by atomic mass is 10.0. The average Bonchev–Trinajstić information content (AvgIpc) is 2.39. The minimum Gasteiger partial charge on any atom is -0.394 e. The van der Waals surface area contributed by atoms with Gasteiger partial charge in [-0.1, -0.05) is 0 Å². The molecule has 0 spiro atoms. The Labute approximate surface area is 123 Å². The van der Waals surface area contributed by atoms with Gasteiger partial charge >= 0.3 is 0 Å². The van der Waals surface area contributed by atoms with Crippen LogP contribution < -0.4 is 10.5 Å². The van der Waals surface area contributed by atoms with Crippen molar-refractivity contribution in [2.75, 3.05) is 19.3 Å². The van der Waals surface area contributed by atoms with Crippen LogP contribution in [0.4, 0.5) is 14.5 Å². The van der Waals surface area contributed by atoms with E-state index in [2.05, 4.69) is 9.62 Å². The van der Waals surface area contributed by atoms with Gasteiger partial charge in [-0.25, -0.2) is 21.9 Å². The van der Waals surface area contributed by atoms with Gasteiger partial charge in [0.1, 0.15) is 16.4 Å². The van der Waals surface area contributed by atoms with Gasteiger partial charge in [-0.3, -0.25) is 0 Å². The fraction of sp³-hybridized carbons (Fsp3) is 0.538. The molecule has 0 aliphatic carbocycles. The Bertz CT molecular complexity index is 637. The molecule has 1 aromatic rings. The van der Waals surface area contributed by atoms with Crippen LogP contribution in [-0.4, -0.2) is 39.0 Å². The van der Waals surface area contributed by atoms with Crippen LogP contribution in [0.3, 0.4) is 0 Å². The standard InChI is InChI=1S/C13H19F2N3O2S/c1-8-7-9(5-6-18(8)2)17-21(19,20)11-4-3-10(14)13(16)12(11)15/h3-4,8-9,17H,5-7,16H2,1-2H3. The third kappa shape index (κ3) is 3.33. The van der Waals surface area contributed by atoms with Gasteiger partial charge in [0, 0.05) is 12.1 Å². The third-order valence-electron chi connectivity index (χ3n) is 3.91. The van der Waals surface area contributed by atoms with Crippen LogP contribution in [0.15, 0.2) is 17.0 Å². The molecule has 1 aliphatic heterocycles. The summed E-state index contributed by atoms with van der Waals surface area (Å²) in [6.45, 7) is 2.75. The topological polar surface area (TPSA) is 75.4 Å². The lowest BCUT2D eigenvalue weighted by Crippen LogP contribution is -2.47. The van der Waals surface area contributed by atoms with E-state index in [0.29, 0.717) is 12.8 Å². The van der Waals surface area contributed by atoms with Gasteiger partial charge in [0.15, 0.2) is 5.82 Å². The summed E-state index contributed by atoms with van der Waals surface area (Å²) in [6, 6.07) is 1.70. The van der Waals surface area contributed by atoms with Crippen molar-refractivity contribution in [2.45, 2.75) is 36.7 Å². The van der Waals surface area contributed by atoms with Crippen molar-refractivity contribution in [3.05, 3.63) is 23.8 Å². The number of halogens is 2. The summed E-state index contributed by atoms with van der Waals surface area (Å²) in [5.74, 6) is -2.22. The molecule has 2 atom stereocenters. The van der Waals surface area contributed by atoms with Crippen LogP contribution in [0.5, 0.6) is 0 Å². The Morgan fingerprint density at radius 1 is 1.38 bits per heavy atom. The van der Waals surface area contributed by atoms with E-state index in [9.17, 15) is 17.2 Å². The summed E-state index contributed by atoms with van der Waals surface area (Å²) in [5.41, 5.74) is 4.42. The van der Waals surface area contributed by atoms with Crippen molar-refractivity contribution in [2.24, 2.45) is 0 Å². The zero-order valence-corrected chi connectivity index (χ0v) is 12.8. The molecule has 1 aromatic carbocycles. The van der Waals surface area contributed by atoms with Crippen LogP contribution >= 0.6 is 0 Å². The molecule has 2 rings (SSSR count). The number of nitrogen functional groups attached to an aromatic ring is 1. The highest BCUT2D eigenvalue weighted by Crippen LogP contribution is 2.24. The first-order chi connectivity index (χ1) is 9.72. The lowest BCUT2D eigenvalue weighted by Gasteiger charge is -2.35. The Kier molecular flexibility index (Phi) is 4.50. The van der Waals surface area contributed by atoms with Gasteiger partial charge in [-0.2, -0.15) is 0 Å². The monoisotopic (exact) mass is 319 g/mol. The Hall–Kier alpha value is -1.25. The highest BCUT2D eigenvalue weighted by molar-refractivity contribution is 7.89. The average molecular weight is 319 g/mol. The van der Waals surface area contributed by atoms with E-state index in [0.717, 1.165) is 18.7 Å². The molecule has 1 heterocycles.